The van der Waals surface area contributed by atoms with E-state index >= 15 is 0 Å². The Morgan fingerprint density at radius 1 is 1.12 bits per heavy atom. The van der Waals surface area contributed by atoms with Gasteiger partial charge in [0.1, 0.15) is 11.7 Å². The Morgan fingerprint density at radius 3 is 2.42 bits per heavy atom. The molecular formula is C17H17N3O4. The number of carbonyl (C=O) groups is 3. The summed E-state index contributed by atoms with van der Waals surface area (Å²) in [5.74, 6) is -2.68. The summed E-state index contributed by atoms with van der Waals surface area (Å²) in [7, 11) is 0. The molecule has 0 unspecified atom stereocenters. The number of aromatic nitrogens is 1. The molecule has 4 N–H and O–H groups in total. The van der Waals surface area contributed by atoms with Crippen LogP contribution in [-0.2, 0) is 16.0 Å². The van der Waals surface area contributed by atoms with Crippen LogP contribution >= 0.6 is 0 Å². The van der Waals surface area contributed by atoms with Gasteiger partial charge in [0.05, 0.1) is 0 Å². The largest absolute Gasteiger partial charge is 0.363 e. The number of amides is 2. The summed E-state index contributed by atoms with van der Waals surface area (Å²) in [6.07, 6.45) is 0.116. The molecule has 0 fully saturated rings. The third-order valence-corrected chi connectivity index (χ3v) is 3.50. The second-order valence-electron chi connectivity index (χ2n) is 5.32. The number of ketones is 1. The van der Waals surface area contributed by atoms with Gasteiger partial charge in [0, 0.05) is 12.5 Å². The lowest BCUT2D eigenvalue weighted by Gasteiger charge is -2.17. The Balaban J connectivity index is 2.26. The van der Waals surface area contributed by atoms with E-state index in [1.807, 2.05) is 6.07 Å². The van der Waals surface area contributed by atoms with Crippen molar-refractivity contribution in [3.63, 3.8) is 0 Å². The second-order valence-corrected chi connectivity index (χ2v) is 5.32. The van der Waals surface area contributed by atoms with Crippen molar-refractivity contribution >= 4 is 17.6 Å². The van der Waals surface area contributed by atoms with Gasteiger partial charge in [-0.1, -0.05) is 36.4 Å². The summed E-state index contributed by atoms with van der Waals surface area (Å²) in [4.78, 5) is 49.4. The number of nitrogens with two attached hydrogens (primary N) is 1. The lowest BCUT2D eigenvalue weighted by atomic mass is 10.0. The molecule has 0 aliphatic rings. The summed E-state index contributed by atoms with van der Waals surface area (Å²) in [6, 6.07) is 10.6. The number of Topliss-reactive ketones (excluding diaryl/α,β-unsaturated/α-hetero) is 1. The third-order valence-electron chi connectivity index (χ3n) is 3.50. The molecule has 24 heavy (non-hydrogen) atoms. The number of primary amides is 1. The standard InChI is InChI=1S/C17H17N3O4/c1-10-7-8-13(21)20-14(10)17(24)19-12(15(22)16(18)23)9-11-5-3-2-4-6-11/h2-8,12H,9H2,1H3,(H2,18,23)(H,19,24)(H,20,21)/t12-/m0/s1. The van der Waals surface area contributed by atoms with Crippen molar-refractivity contribution in [2.75, 3.05) is 0 Å². The van der Waals surface area contributed by atoms with Gasteiger partial charge in [-0.25, -0.2) is 0 Å². The van der Waals surface area contributed by atoms with Crippen LogP contribution in [0, 0.1) is 6.92 Å². The molecular weight excluding hydrogens is 310 g/mol. The van der Waals surface area contributed by atoms with E-state index in [4.69, 9.17) is 5.73 Å². The van der Waals surface area contributed by atoms with Gasteiger partial charge in [0.25, 0.3) is 11.8 Å². The molecule has 0 radical (unpaired) electrons. The zero-order valence-electron chi connectivity index (χ0n) is 13.0. The van der Waals surface area contributed by atoms with Gasteiger partial charge < -0.3 is 16.0 Å². The van der Waals surface area contributed by atoms with E-state index in [0.717, 1.165) is 5.56 Å². The highest BCUT2D eigenvalue weighted by atomic mass is 16.2. The highest BCUT2D eigenvalue weighted by molar-refractivity contribution is 6.38. The zero-order valence-corrected chi connectivity index (χ0v) is 13.0. The molecule has 1 heterocycles. The number of nitrogens with one attached hydrogen (secondary N) is 2. The van der Waals surface area contributed by atoms with Crippen LogP contribution < -0.4 is 16.6 Å². The van der Waals surface area contributed by atoms with Gasteiger partial charge in [-0.15, -0.1) is 0 Å². The van der Waals surface area contributed by atoms with Crippen molar-refractivity contribution in [3.8, 4) is 0 Å². The predicted molar refractivity (Wildman–Crippen MR) is 87.4 cm³/mol. The lowest BCUT2D eigenvalue weighted by Crippen LogP contribution is -2.47. The van der Waals surface area contributed by atoms with Gasteiger partial charge >= 0.3 is 0 Å². The fraction of sp³-hybridized carbons (Fsp3) is 0.176. The maximum atomic E-state index is 12.4. The van der Waals surface area contributed by atoms with Gasteiger partial charge in [-0.05, 0) is 18.1 Å². The maximum Gasteiger partial charge on any atom is 0.287 e. The van der Waals surface area contributed by atoms with E-state index in [2.05, 4.69) is 10.3 Å². The van der Waals surface area contributed by atoms with Crippen molar-refractivity contribution in [1.82, 2.24) is 10.3 Å². The minimum absolute atomic E-state index is 0.0397. The van der Waals surface area contributed by atoms with Gasteiger partial charge in [-0.3, -0.25) is 19.2 Å². The van der Waals surface area contributed by atoms with Crippen LogP contribution in [0.15, 0.2) is 47.3 Å². The number of aryl methyl sites for hydroxylation is 1. The number of carbonyl (C=O) groups excluding carboxylic acids is 3. The average Bonchev–Trinajstić information content (AvgIpc) is 2.56. The molecule has 0 bridgehead atoms. The minimum Gasteiger partial charge on any atom is -0.363 e. The third kappa shape index (κ3) is 4.16. The number of hydrogen-bond donors (Lipinski definition) is 3. The Labute approximate surface area is 137 Å². The van der Waals surface area contributed by atoms with Crippen molar-refractivity contribution in [1.29, 1.82) is 0 Å². The van der Waals surface area contributed by atoms with Crippen molar-refractivity contribution in [3.05, 3.63) is 69.6 Å². The van der Waals surface area contributed by atoms with E-state index in [9.17, 15) is 19.2 Å². The Kier molecular flexibility index (Phi) is 5.26. The SMILES string of the molecule is Cc1ccc(=O)[nH]c1C(=O)N[C@@H](Cc1ccccc1)C(=O)C(N)=O. The monoisotopic (exact) mass is 327 g/mol. The molecule has 124 valence electrons. The van der Waals surface area contributed by atoms with E-state index < -0.39 is 29.2 Å². The molecule has 2 amide bonds. The highest BCUT2D eigenvalue weighted by Crippen LogP contribution is 2.07. The zero-order chi connectivity index (χ0) is 17.7. The normalized spacial score (nSPS) is 11.5. The first-order valence-electron chi connectivity index (χ1n) is 7.27. The van der Waals surface area contributed by atoms with Crippen LogP contribution in [0.1, 0.15) is 21.6 Å². The molecule has 0 aliphatic carbocycles. The van der Waals surface area contributed by atoms with Crippen molar-refractivity contribution in [2.24, 2.45) is 5.73 Å². The van der Waals surface area contributed by atoms with Crippen LogP contribution in [0.4, 0.5) is 0 Å². The average molecular weight is 327 g/mol. The fourth-order valence-corrected chi connectivity index (χ4v) is 2.24. The van der Waals surface area contributed by atoms with E-state index in [-0.39, 0.29) is 12.1 Å². The van der Waals surface area contributed by atoms with Crippen LogP contribution in [0.25, 0.3) is 0 Å². The number of hydrogen-bond acceptors (Lipinski definition) is 4. The first-order chi connectivity index (χ1) is 11.4. The van der Waals surface area contributed by atoms with E-state index in [1.165, 1.54) is 12.1 Å². The first kappa shape index (κ1) is 17.1. The van der Waals surface area contributed by atoms with E-state index in [0.29, 0.717) is 5.56 Å². The summed E-state index contributed by atoms with van der Waals surface area (Å²) >= 11 is 0. The molecule has 2 aromatic rings. The lowest BCUT2D eigenvalue weighted by molar-refractivity contribution is -0.137. The molecule has 1 atom stereocenters. The van der Waals surface area contributed by atoms with E-state index in [1.54, 1.807) is 31.2 Å². The van der Waals surface area contributed by atoms with Crippen LogP contribution in [-0.4, -0.2) is 28.6 Å². The predicted octanol–water partition coefficient (Wildman–Crippen LogP) is 0.0788. The minimum atomic E-state index is -1.13. The molecule has 0 aliphatic heterocycles. The topological polar surface area (TPSA) is 122 Å². The fourth-order valence-electron chi connectivity index (χ4n) is 2.24. The number of benzene rings is 1. The summed E-state index contributed by atoms with van der Waals surface area (Å²) < 4.78 is 0. The van der Waals surface area contributed by atoms with Gasteiger partial charge in [0.15, 0.2) is 0 Å². The summed E-state index contributed by atoms with van der Waals surface area (Å²) in [6.45, 7) is 1.65. The molecule has 1 aromatic carbocycles. The van der Waals surface area contributed by atoms with Crippen molar-refractivity contribution in [2.45, 2.75) is 19.4 Å². The Hall–Kier alpha value is -3.22. The second kappa shape index (κ2) is 7.36. The van der Waals surface area contributed by atoms with Crippen molar-refractivity contribution < 1.29 is 14.4 Å². The first-order valence-corrected chi connectivity index (χ1v) is 7.27. The molecule has 0 saturated heterocycles. The number of H-pyrrole nitrogens is 1. The Bertz CT molecular complexity index is 827. The smallest absolute Gasteiger partial charge is 0.287 e. The van der Waals surface area contributed by atoms with Gasteiger partial charge in [-0.2, -0.15) is 0 Å². The summed E-state index contributed by atoms with van der Waals surface area (Å²) in [5, 5.41) is 2.47. The summed E-state index contributed by atoms with van der Waals surface area (Å²) in [5.41, 5.74) is 5.96. The molecule has 1 aromatic heterocycles. The Morgan fingerprint density at radius 2 is 1.79 bits per heavy atom. The molecule has 0 spiro atoms. The molecule has 7 heteroatoms. The molecule has 7 nitrogen and oxygen atoms in total. The highest BCUT2D eigenvalue weighted by Gasteiger charge is 2.26. The van der Waals surface area contributed by atoms with Crippen LogP contribution in [0.2, 0.25) is 0 Å². The number of pyridine rings is 1. The van der Waals surface area contributed by atoms with Gasteiger partial charge in [0.2, 0.25) is 11.3 Å². The number of aromatic amines is 1. The molecule has 2 rings (SSSR count). The van der Waals surface area contributed by atoms with Crippen LogP contribution in [0.5, 0.6) is 0 Å². The quantitative estimate of drug-likeness (QED) is 0.650. The number of rotatable bonds is 6. The molecule has 0 saturated carbocycles. The maximum absolute atomic E-state index is 12.4. The van der Waals surface area contributed by atoms with Crippen LogP contribution in [0.3, 0.4) is 0 Å².